The Balaban J connectivity index is 2.09. The summed E-state index contributed by atoms with van der Waals surface area (Å²) < 4.78 is 0. The van der Waals surface area contributed by atoms with Crippen molar-refractivity contribution in [3.8, 4) is 6.07 Å². The molecule has 0 saturated heterocycles. The van der Waals surface area contributed by atoms with E-state index in [1.54, 1.807) is 12.1 Å². The van der Waals surface area contributed by atoms with Gasteiger partial charge in [0.05, 0.1) is 27.6 Å². The van der Waals surface area contributed by atoms with Gasteiger partial charge in [-0.1, -0.05) is 32.9 Å². The van der Waals surface area contributed by atoms with Gasteiger partial charge < -0.3 is 10.6 Å². The number of nitriles is 1. The molecule has 0 radical (unpaired) electrons. The average molecular weight is 369 g/mol. The van der Waals surface area contributed by atoms with Crippen molar-refractivity contribution in [2.45, 2.75) is 40.7 Å². The van der Waals surface area contributed by atoms with E-state index in [9.17, 15) is 9.59 Å². The molecule has 2 N–H and O–H groups in total. The van der Waals surface area contributed by atoms with Crippen molar-refractivity contribution in [2.24, 2.45) is 5.41 Å². The molecule has 2 aromatic rings. The molecular weight excluding hydrogens is 346 g/mol. The van der Waals surface area contributed by atoms with E-state index >= 15 is 0 Å². The summed E-state index contributed by atoms with van der Waals surface area (Å²) in [5, 5.41) is 15.4. The van der Waals surface area contributed by atoms with Gasteiger partial charge in [-0.3, -0.25) is 9.59 Å². The second kappa shape index (κ2) is 7.71. The number of carbonyl (C=O) groups excluding carboxylic acids is 2. The third kappa shape index (κ3) is 4.70. The molecule has 6 heteroatoms. The first kappa shape index (κ1) is 19.7. The van der Waals surface area contributed by atoms with Crippen LogP contribution in [0.1, 0.15) is 60.1 Å². The number of nitrogens with one attached hydrogen (secondary N) is 2. The van der Waals surface area contributed by atoms with E-state index in [2.05, 4.69) is 16.7 Å². The van der Waals surface area contributed by atoms with Gasteiger partial charge in [-0.25, -0.2) is 0 Å². The number of amides is 2. The number of aryl methyl sites for hydroxylation is 1. The first-order chi connectivity index (χ1) is 12.1. The maximum Gasteiger partial charge on any atom is 0.262 e. The van der Waals surface area contributed by atoms with Gasteiger partial charge in [-0.15, -0.1) is 11.3 Å². The largest absolute Gasteiger partial charge is 0.345 e. The number of rotatable bonds is 4. The van der Waals surface area contributed by atoms with E-state index in [-0.39, 0.29) is 17.9 Å². The van der Waals surface area contributed by atoms with Gasteiger partial charge in [0.25, 0.3) is 5.91 Å². The summed E-state index contributed by atoms with van der Waals surface area (Å²) in [5.74, 6) is -0.266. The van der Waals surface area contributed by atoms with E-state index in [0.717, 1.165) is 11.1 Å². The lowest BCUT2D eigenvalue weighted by molar-refractivity contribution is -0.123. The lowest BCUT2D eigenvalue weighted by atomic mass is 9.96. The second-order valence-corrected chi connectivity index (χ2v) is 8.31. The monoisotopic (exact) mass is 369 g/mol. The maximum atomic E-state index is 12.6. The summed E-state index contributed by atoms with van der Waals surface area (Å²) in [5.41, 5.74) is 1.84. The quantitative estimate of drug-likeness (QED) is 0.838. The molecule has 1 atom stereocenters. The number of nitrogens with zero attached hydrogens (tertiary/aromatic N) is 1. The van der Waals surface area contributed by atoms with Crippen LogP contribution in [0.2, 0.25) is 0 Å². The van der Waals surface area contributed by atoms with Gasteiger partial charge in [0.1, 0.15) is 0 Å². The van der Waals surface area contributed by atoms with Crippen LogP contribution in [0, 0.1) is 23.7 Å². The van der Waals surface area contributed by atoms with E-state index in [1.807, 2.05) is 52.8 Å². The number of hydrogen-bond donors (Lipinski definition) is 2. The fraction of sp³-hybridized carbons (Fsp3) is 0.350. The van der Waals surface area contributed by atoms with E-state index in [4.69, 9.17) is 5.26 Å². The van der Waals surface area contributed by atoms with E-state index in [1.165, 1.54) is 11.3 Å². The molecule has 0 fully saturated rings. The Morgan fingerprint density at radius 3 is 2.35 bits per heavy atom. The highest BCUT2D eigenvalue weighted by molar-refractivity contribution is 7.18. The predicted molar refractivity (Wildman–Crippen MR) is 104 cm³/mol. The number of carbonyl (C=O) groups is 2. The highest BCUT2D eigenvalue weighted by Crippen LogP contribution is 2.29. The Kier molecular flexibility index (Phi) is 5.83. The molecule has 26 heavy (non-hydrogen) atoms. The molecule has 0 aliphatic rings. The van der Waals surface area contributed by atoms with Gasteiger partial charge >= 0.3 is 0 Å². The van der Waals surface area contributed by atoms with E-state index in [0.29, 0.717) is 15.4 Å². The van der Waals surface area contributed by atoms with Crippen LogP contribution in [-0.4, -0.2) is 11.8 Å². The first-order valence-corrected chi connectivity index (χ1v) is 9.16. The van der Waals surface area contributed by atoms with Crippen LogP contribution in [0.3, 0.4) is 0 Å². The van der Waals surface area contributed by atoms with Crippen LogP contribution in [0.25, 0.3) is 0 Å². The molecule has 5 nitrogen and oxygen atoms in total. The molecule has 0 saturated carbocycles. The third-order valence-corrected chi connectivity index (χ3v) is 5.08. The lowest BCUT2D eigenvalue weighted by Gasteiger charge is -2.16. The molecule has 2 rings (SSSR count). The van der Waals surface area contributed by atoms with Crippen LogP contribution < -0.4 is 10.6 Å². The first-order valence-electron chi connectivity index (χ1n) is 8.34. The zero-order chi connectivity index (χ0) is 19.5. The van der Waals surface area contributed by atoms with Crippen molar-refractivity contribution in [3.05, 3.63) is 51.9 Å². The molecule has 0 bridgehead atoms. The number of thiophene rings is 1. The van der Waals surface area contributed by atoms with E-state index < -0.39 is 5.41 Å². The minimum absolute atomic E-state index is 0.0864. The Morgan fingerprint density at radius 2 is 1.81 bits per heavy atom. The molecule has 2 amide bonds. The summed E-state index contributed by atoms with van der Waals surface area (Å²) in [7, 11) is 0. The SMILES string of the molecule is Cc1cc(NC(=O)C(C)(C)C)sc1C(=O)NC(C)c1ccc(C#N)cc1. The molecule has 136 valence electrons. The van der Waals surface area contributed by atoms with Crippen molar-refractivity contribution >= 4 is 28.2 Å². The number of benzene rings is 1. The molecule has 0 aliphatic carbocycles. The lowest BCUT2D eigenvalue weighted by Crippen LogP contribution is -2.27. The third-order valence-electron chi connectivity index (χ3n) is 3.93. The minimum Gasteiger partial charge on any atom is -0.345 e. The zero-order valence-electron chi connectivity index (χ0n) is 15.6. The van der Waals surface area contributed by atoms with Gasteiger partial charge in [0.15, 0.2) is 0 Å². The van der Waals surface area contributed by atoms with Crippen LogP contribution in [0.5, 0.6) is 0 Å². The van der Waals surface area contributed by atoms with Crippen molar-refractivity contribution in [1.29, 1.82) is 5.26 Å². The summed E-state index contributed by atoms with van der Waals surface area (Å²) >= 11 is 1.27. The maximum absolute atomic E-state index is 12.6. The van der Waals surface area contributed by atoms with Gasteiger partial charge in [-0.2, -0.15) is 5.26 Å². The molecule has 1 heterocycles. The Morgan fingerprint density at radius 1 is 1.19 bits per heavy atom. The van der Waals surface area contributed by atoms with Crippen molar-refractivity contribution in [2.75, 3.05) is 5.32 Å². The normalized spacial score (nSPS) is 12.2. The van der Waals surface area contributed by atoms with Gasteiger partial charge in [0.2, 0.25) is 5.91 Å². The zero-order valence-corrected chi connectivity index (χ0v) is 16.5. The molecule has 1 aromatic heterocycles. The van der Waals surface area contributed by atoms with Crippen LogP contribution in [0.4, 0.5) is 5.00 Å². The van der Waals surface area contributed by atoms with Crippen molar-refractivity contribution in [1.82, 2.24) is 5.32 Å². The Hall–Kier alpha value is -2.65. The summed E-state index contributed by atoms with van der Waals surface area (Å²) in [4.78, 5) is 25.3. The molecule has 0 spiro atoms. The Bertz CT molecular complexity index is 855. The number of hydrogen-bond acceptors (Lipinski definition) is 4. The van der Waals surface area contributed by atoms with Crippen molar-refractivity contribution < 1.29 is 9.59 Å². The summed E-state index contributed by atoms with van der Waals surface area (Å²) in [6, 6.07) is 10.8. The van der Waals surface area contributed by atoms with Crippen LogP contribution >= 0.6 is 11.3 Å². The standard InChI is InChI=1S/C20H23N3O2S/c1-12-10-16(23-19(25)20(3,4)5)26-17(12)18(24)22-13(2)15-8-6-14(11-21)7-9-15/h6-10,13H,1-5H3,(H,22,24)(H,23,25). The second-order valence-electron chi connectivity index (χ2n) is 7.26. The molecular formula is C20H23N3O2S. The van der Waals surface area contributed by atoms with Crippen molar-refractivity contribution in [3.63, 3.8) is 0 Å². The van der Waals surface area contributed by atoms with Crippen LogP contribution in [0.15, 0.2) is 30.3 Å². The minimum atomic E-state index is -0.496. The fourth-order valence-electron chi connectivity index (χ4n) is 2.26. The van der Waals surface area contributed by atoms with Gasteiger partial charge in [-0.05, 0) is 43.2 Å². The van der Waals surface area contributed by atoms with Crippen LogP contribution in [-0.2, 0) is 4.79 Å². The highest BCUT2D eigenvalue weighted by atomic mass is 32.1. The smallest absolute Gasteiger partial charge is 0.262 e. The molecule has 1 unspecified atom stereocenters. The predicted octanol–water partition coefficient (Wildman–Crippen LogP) is 4.40. The highest BCUT2D eigenvalue weighted by Gasteiger charge is 2.23. The number of anilines is 1. The summed E-state index contributed by atoms with van der Waals surface area (Å²) in [6.45, 7) is 9.27. The fourth-order valence-corrected chi connectivity index (χ4v) is 3.23. The molecule has 0 aliphatic heterocycles. The molecule has 1 aromatic carbocycles. The summed E-state index contributed by atoms with van der Waals surface area (Å²) in [6.07, 6.45) is 0. The van der Waals surface area contributed by atoms with Gasteiger partial charge in [0, 0.05) is 5.41 Å². The Labute approximate surface area is 158 Å². The average Bonchev–Trinajstić information content (AvgIpc) is 2.94. The topological polar surface area (TPSA) is 82.0 Å².